The van der Waals surface area contributed by atoms with E-state index in [0.29, 0.717) is 35.7 Å². The van der Waals surface area contributed by atoms with Gasteiger partial charge in [0.25, 0.3) is 5.91 Å². The number of benzene rings is 4. The van der Waals surface area contributed by atoms with Crippen molar-refractivity contribution in [1.82, 2.24) is 9.88 Å². The Morgan fingerprint density at radius 2 is 1.54 bits per heavy atom. The third kappa shape index (κ3) is 5.52. The van der Waals surface area contributed by atoms with Crippen molar-refractivity contribution in [3.8, 4) is 22.6 Å². The standard InChI is InChI=1S/C34H32N2O5/c1-21-22(2)36(20-23-9-12-25(13-10-23)27-7-5-6-8-28(27)34(38)39)30-15-14-26(18-29(21)30)33(37)35-19-24-11-16-31(40-3)32(17-24)41-4/h5-18H,19-20H2,1-4H3,(H,35,37)(H,38,39). The number of nitrogens with one attached hydrogen (secondary N) is 1. The van der Waals surface area contributed by atoms with E-state index in [1.165, 1.54) is 0 Å². The lowest BCUT2D eigenvalue weighted by Crippen LogP contribution is -2.22. The maximum atomic E-state index is 13.0. The minimum Gasteiger partial charge on any atom is -0.493 e. The number of carboxylic acids is 1. The van der Waals surface area contributed by atoms with Gasteiger partial charge in [0, 0.05) is 35.2 Å². The van der Waals surface area contributed by atoms with E-state index in [0.717, 1.165) is 38.9 Å². The number of amides is 1. The summed E-state index contributed by atoms with van der Waals surface area (Å²) in [5.74, 6) is 0.169. The number of nitrogens with zero attached hydrogens (tertiary/aromatic N) is 1. The molecule has 208 valence electrons. The molecule has 0 aliphatic heterocycles. The zero-order valence-electron chi connectivity index (χ0n) is 23.5. The fraction of sp³-hybridized carbons (Fsp3) is 0.176. The smallest absolute Gasteiger partial charge is 0.336 e. The van der Waals surface area contributed by atoms with Crippen LogP contribution < -0.4 is 14.8 Å². The highest BCUT2D eigenvalue weighted by atomic mass is 16.5. The van der Waals surface area contributed by atoms with Crippen LogP contribution in [0.2, 0.25) is 0 Å². The Morgan fingerprint density at radius 1 is 0.829 bits per heavy atom. The molecule has 7 nitrogen and oxygen atoms in total. The second-order valence-electron chi connectivity index (χ2n) is 9.95. The maximum absolute atomic E-state index is 13.0. The number of carboxylic acid groups (broad SMARTS) is 1. The van der Waals surface area contributed by atoms with Crippen molar-refractivity contribution in [3.05, 3.63) is 118 Å². The van der Waals surface area contributed by atoms with Crippen LogP contribution >= 0.6 is 0 Å². The summed E-state index contributed by atoms with van der Waals surface area (Å²) in [6.07, 6.45) is 0. The topological polar surface area (TPSA) is 89.8 Å². The second-order valence-corrected chi connectivity index (χ2v) is 9.95. The van der Waals surface area contributed by atoms with Crippen LogP contribution in [0, 0.1) is 13.8 Å². The molecule has 0 radical (unpaired) electrons. The number of ether oxygens (including phenoxy) is 2. The van der Waals surface area contributed by atoms with Crippen LogP contribution in [0.4, 0.5) is 0 Å². The summed E-state index contributed by atoms with van der Waals surface area (Å²) in [6, 6.07) is 26.4. The van der Waals surface area contributed by atoms with E-state index in [4.69, 9.17) is 9.47 Å². The summed E-state index contributed by atoms with van der Waals surface area (Å²) < 4.78 is 12.9. The summed E-state index contributed by atoms with van der Waals surface area (Å²) >= 11 is 0. The molecule has 0 spiro atoms. The van der Waals surface area contributed by atoms with Crippen molar-refractivity contribution in [3.63, 3.8) is 0 Å². The molecule has 5 rings (SSSR count). The Morgan fingerprint density at radius 3 is 2.24 bits per heavy atom. The zero-order chi connectivity index (χ0) is 29.1. The number of aromatic carboxylic acids is 1. The summed E-state index contributed by atoms with van der Waals surface area (Å²) in [5.41, 5.74) is 7.75. The van der Waals surface area contributed by atoms with Crippen LogP contribution in [0.1, 0.15) is 43.1 Å². The number of fused-ring (bicyclic) bond motifs is 1. The first-order valence-electron chi connectivity index (χ1n) is 13.3. The number of aryl methyl sites for hydroxylation is 1. The van der Waals surface area contributed by atoms with Gasteiger partial charge in [0.1, 0.15) is 0 Å². The Balaban J connectivity index is 1.34. The van der Waals surface area contributed by atoms with Gasteiger partial charge in [-0.1, -0.05) is 48.5 Å². The van der Waals surface area contributed by atoms with Crippen LogP contribution in [0.5, 0.6) is 11.5 Å². The summed E-state index contributed by atoms with van der Waals surface area (Å²) in [6.45, 7) is 5.18. The zero-order valence-corrected chi connectivity index (χ0v) is 23.5. The molecule has 0 saturated heterocycles. The number of hydrogen-bond acceptors (Lipinski definition) is 4. The molecule has 2 N–H and O–H groups in total. The van der Waals surface area contributed by atoms with Crippen molar-refractivity contribution >= 4 is 22.8 Å². The molecular formula is C34H32N2O5. The average molecular weight is 549 g/mol. The Labute approximate surface area is 239 Å². The van der Waals surface area contributed by atoms with Crippen LogP contribution in [0.15, 0.2) is 84.9 Å². The van der Waals surface area contributed by atoms with Gasteiger partial charge in [-0.2, -0.15) is 0 Å². The van der Waals surface area contributed by atoms with Crippen LogP contribution in [-0.2, 0) is 13.1 Å². The van der Waals surface area contributed by atoms with Crippen molar-refractivity contribution < 1.29 is 24.2 Å². The molecule has 4 aromatic carbocycles. The highest BCUT2D eigenvalue weighted by Gasteiger charge is 2.16. The van der Waals surface area contributed by atoms with Crippen LogP contribution in [-0.4, -0.2) is 35.8 Å². The van der Waals surface area contributed by atoms with Gasteiger partial charge >= 0.3 is 5.97 Å². The van der Waals surface area contributed by atoms with Gasteiger partial charge in [-0.3, -0.25) is 4.79 Å². The SMILES string of the molecule is COc1ccc(CNC(=O)c2ccc3c(c2)c(C)c(C)n3Cc2ccc(-c3ccccc3C(=O)O)cc2)cc1OC. The lowest BCUT2D eigenvalue weighted by molar-refractivity contribution is 0.0697. The van der Waals surface area contributed by atoms with E-state index in [1.807, 2.05) is 72.8 Å². The highest BCUT2D eigenvalue weighted by Crippen LogP contribution is 2.30. The van der Waals surface area contributed by atoms with Gasteiger partial charge in [0.15, 0.2) is 11.5 Å². The summed E-state index contributed by atoms with van der Waals surface area (Å²) in [4.78, 5) is 24.7. The van der Waals surface area contributed by atoms with Crippen LogP contribution in [0.3, 0.4) is 0 Å². The minimum absolute atomic E-state index is 0.149. The molecular weight excluding hydrogens is 516 g/mol. The van der Waals surface area contributed by atoms with Crippen molar-refractivity contribution in [2.45, 2.75) is 26.9 Å². The van der Waals surface area contributed by atoms with E-state index in [1.54, 1.807) is 26.4 Å². The normalized spacial score (nSPS) is 10.9. The van der Waals surface area contributed by atoms with Crippen molar-refractivity contribution in [2.75, 3.05) is 14.2 Å². The molecule has 1 aromatic heterocycles. The lowest BCUT2D eigenvalue weighted by atomic mass is 9.99. The Hall–Kier alpha value is -5.04. The fourth-order valence-corrected chi connectivity index (χ4v) is 5.16. The van der Waals surface area contributed by atoms with Crippen molar-refractivity contribution in [2.24, 2.45) is 0 Å². The first-order chi connectivity index (χ1) is 19.8. The Bertz CT molecular complexity index is 1750. The third-order valence-electron chi connectivity index (χ3n) is 7.57. The quantitative estimate of drug-likeness (QED) is 0.216. The molecule has 7 heteroatoms. The maximum Gasteiger partial charge on any atom is 0.336 e. The van der Waals surface area contributed by atoms with E-state index in [2.05, 4.69) is 23.7 Å². The van der Waals surface area contributed by atoms with E-state index in [9.17, 15) is 14.7 Å². The van der Waals surface area contributed by atoms with Gasteiger partial charge in [-0.15, -0.1) is 0 Å². The molecule has 0 aliphatic carbocycles. The first-order valence-corrected chi connectivity index (χ1v) is 13.3. The number of methoxy groups -OCH3 is 2. The van der Waals surface area contributed by atoms with E-state index in [-0.39, 0.29) is 11.5 Å². The number of aromatic nitrogens is 1. The Kier molecular flexibility index (Phi) is 7.79. The minimum atomic E-state index is -0.941. The first kappa shape index (κ1) is 27.5. The van der Waals surface area contributed by atoms with Gasteiger partial charge in [-0.25, -0.2) is 4.79 Å². The molecule has 1 heterocycles. The molecule has 41 heavy (non-hydrogen) atoms. The predicted molar refractivity (Wildman–Crippen MR) is 160 cm³/mol. The van der Waals surface area contributed by atoms with E-state index < -0.39 is 5.97 Å². The molecule has 0 saturated carbocycles. The molecule has 0 atom stereocenters. The second kappa shape index (κ2) is 11.6. The van der Waals surface area contributed by atoms with Crippen molar-refractivity contribution in [1.29, 1.82) is 0 Å². The van der Waals surface area contributed by atoms with Gasteiger partial charge < -0.3 is 24.5 Å². The molecule has 0 bridgehead atoms. The van der Waals surface area contributed by atoms with Gasteiger partial charge in [0.05, 0.1) is 19.8 Å². The van der Waals surface area contributed by atoms with E-state index >= 15 is 0 Å². The molecule has 0 unspecified atom stereocenters. The molecule has 1 amide bonds. The largest absolute Gasteiger partial charge is 0.493 e. The number of hydrogen-bond donors (Lipinski definition) is 2. The summed E-state index contributed by atoms with van der Waals surface area (Å²) in [5, 5.41) is 13.6. The monoisotopic (exact) mass is 548 g/mol. The number of carbonyl (C=O) groups is 2. The van der Waals surface area contributed by atoms with Gasteiger partial charge in [-0.05, 0) is 78.1 Å². The summed E-state index contributed by atoms with van der Waals surface area (Å²) in [7, 11) is 3.18. The fourth-order valence-electron chi connectivity index (χ4n) is 5.16. The number of rotatable bonds is 9. The lowest BCUT2D eigenvalue weighted by Gasteiger charge is -2.12. The molecule has 0 aliphatic rings. The average Bonchev–Trinajstić information content (AvgIpc) is 3.24. The van der Waals surface area contributed by atoms with Gasteiger partial charge in [0.2, 0.25) is 0 Å². The molecule has 5 aromatic rings. The highest BCUT2D eigenvalue weighted by molar-refractivity contribution is 5.99. The predicted octanol–water partition coefficient (Wildman–Crippen LogP) is 6.62. The number of carbonyl (C=O) groups excluding carboxylic acids is 1. The molecule has 0 fully saturated rings. The van der Waals surface area contributed by atoms with Crippen LogP contribution in [0.25, 0.3) is 22.0 Å². The third-order valence-corrected chi connectivity index (χ3v) is 7.57.